The van der Waals surface area contributed by atoms with Gasteiger partial charge >= 0.3 is 0 Å². The third-order valence-corrected chi connectivity index (χ3v) is 9.08. The van der Waals surface area contributed by atoms with Crippen molar-refractivity contribution in [2.75, 3.05) is 31.7 Å². The molecule has 0 radical (unpaired) electrons. The minimum atomic E-state index is -4.36. The zero-order chi connectivity index (χ0) is 33.1. The van der Waals surface area contributed by atoms with Gasteiger partial charge in [-0.05, 0) is 80.8 Å². The molecule has 3 aromatic rings. The van der Waals surface area contributed by atoms with E-state index in [4.69, 9.17) is 14.2 Å². The average Bonchev–Trinajstić information content (AvgIpc) is 3.04. The highest BCUT2D eigenvalue weighted by atomic mass is 32.2. The number of nitrogens with one attached hydrogen (secondary N) is 1. The van der Waals surface area contributed by atoms with Gasteiger partial charge in [-0.25, -0.2) is 12.8 Å². The number of methoxy groups -OCH3 is 2. The van der Waals surface area contributed by atoms with E-state index < -0.39 is 34.3 Å². The van der Waals surface area contributed by atoms with Gasteiger partial charge in [0.15, 0.2) is 11.5 Å². The molecule has 3 rings (SSSR count). The molecule has 3 aromatic carbocycles. The van der Waals surface area contributed by atoms with Crippen LogP contribution in [0, 0.1) is 5.82 Å². The maximum absolute atomic E-state index is 14.2. The highest BCUT2D eigenvalue weighted by Gasteiger charge is 2.34. The molecule has 45 heavy (non-hydrogen) atoms. The first-order valence-corrected chi connectivity index (χ1v) is 16.2. The van der Waals surface area contributed by atoms with Crippen molar-refractivity contribution < 1.29 is 36.6 Å². The Kier molecular flexibility index (Phi) is 12.6. The van der Waals surface area contributed by atoms with E-state index in [0.29, 0.717) is 30.1 Å². The van der Waals surface area contributed by atoms with E-state index in [2.05, 4.69) is 5.32 Å². The zero-order valence-electron chi connectivity index (χ0n) is 26.6. The maximum Gasteiger partial charge on any atom is 0.264 e. The van der Waals surface area contributed by atoms with E-state index in [9.17, 15) is 22.4 Å². The second-order valence-corrected chi connectivity index (χ2v) is 12.2. The van der Waals surface area contributed by atoms with E-state index in [1.165, 1.54) is 61.6 Å². The van der Waals surface area contributed by atoms with E-state index in [1.54, 1.807) is 31.2 Å². The molecule has 244 valence electrons. The normalized spacial score (nSPS) is 12.5. The van der Waals surface area contributed by atoms with Crippen LogP contribution in [0.4, 0.5) is 10.1 Å². The Morgan fingerprint density at radius 1 is 0.889 bits per heavy atom. The van der Waals surface area contributed by atoms with Gasteiger partial charge in [0.25, 0.3) is 10.0 Å². The number of anilines is 1. The molecule has 0 unspecified atom stereocenters. The number of benzene rings is 3. The Morgan fingerprint density at radius 3 is 2.09 bits per heavy atom. The minimum Gasteiger partial charge on any atom is -0.494 e. The lowest BCUT2D eigenvalue weighted by molar-refractivity contribution is -0.140. The summed E-state index contributed by atoms with van der Waals surface area (Å²) in [6.07, 6.45) is 0.948. The van der Waals surface area contributed by atoms with Gasteiger partial charge in [0.1, 0.15) is 24.2 Å². The lowest BCUT2D eigenvalue weighted by Crippen LogP contribution is -2.53. The van der Waals surface area contributed by atoms with Crippen LogP contribution in [0.2, 0.25) is 0 Å². The zero-order valence-corrected chi connectivity index (χ0v) is 27.4. The molecule has 0 aliphatic carbocycles. The number of hydrogen-bond donors (Lipinski definition) is 1. The molecule has 0 saturated carbocycles. The summed E-state index contributed by atoms with van der Waals surface area (Å²) in [5.41, 5.74) is 0.787. The topological polar surface area (TPSA) is 114 Å². The Hall–Kier alpha value is -4.32. The quantitative estimate of drug-likeness (QED) is 0.229. The predicted octanol–water partition coefficient (Wildman–Crippen LogP) is 5.16. The van der Waals surface area contributed by atoms with Crippen LogP contribution in [-0.2, 0) is 26.2 Å². The van der Waals surface area contributed by atoms with Gasteiger partial charge in [0, 0.05) is 18.7 Å². The van der Waals surface area contributed by atoms with E-state index in [1.807, 2.05) is 20.8 Å². The molecule has 0 spiro atoms. The maximum atomic E-state index is 14.2. The first kappa shape index (κ1) is 35.2. The molecule has 12 heteroatoms. The number of rotatable bonds is 16. The molecule has 0 aromatic heterocycles. The largest absolute Gasteiger partial charge is 0.494 e. The smallest absolute Gasteiger partial charge is 0.264 e. The number of halogens is 1. The van der Waals surface area contributed by atoms with Crippen LogP contribution in [0.15, 0.2) is 71.6 Å². The van der Waals surface area contributed by atoms with Gasteiger partial charge in [-0.3, -0.25) is 13.9 Å². The van der Waals surface area contributed by atoms with Crippen molar-refractivity contribution in [2.45, 2.75) is 64.1 Å². The summed E-state index contributed by atoms with van der Waals surface area (Å²) in [6, 6.07) is 15.0. The Morgan fingerprint density at radius 2 is 1.53 bits per heavy atom. The van der Waals surface area contributed by atoms with Gasteiger partial charge in [0.2, 0.25) is 11.8 Å². The SMILES string of the molecule is CCOc1ccc(N(CC(=O)N(Cc2ccc(F)cc2)[C@@H](CC)C(=O)N[C@H](C)CC)S(=O)(=O)c2ccc(OC)c(OC)c2)cc1. The second kappa shape index (κ2) is 16.1. The summed E-state index contributed by atoms with van der Waals surface area (Å²) >= 11 is 0. The summed E-state index contributed by atoms with van der Waals surface area (Å²) in [5.74, 6) is -0.366. The molecule has 0 saturated heterocycles. The van der Waals surface area contributed by atoms with Gasteiger partial charge in [0.05, 0.1) is 31.4 Å². The summed E-state index contributed by atoms with van der Waals surface area (Å²) in [7, 11) is -1.53. The number of ether oxygens (including phenoxy) is 3. The summed E-state index contributed by atoms with van der Waals surface area (Å²) in [4.78, 5) is 28.8. The van der Waals surface area contributed by atoms with Crippen LogP contribution in [-0.4, -0.2) is 64.6 Å². The number of carbonyl (C=O) groups is 2. The highest BCUT2D eigenvalue weighted by Crippen LogP contribution is 2.33. The van der Waals surface area contributed by atoms with E-state index >= 15 is 0 Å². The molecule has 0 heterocycles. The Balaban J connectivity index is 2.11. The molecule has 0 fully saturated rings. The van der Waals surface area contributed by atoms with Crippen LogP contribution in [0.5, 0.6) is 17.2 Å². The molecule has 0 bridgehead atoms. The molecule has 1 N–H and O–H groups in total. The summed E-state index contributed by atoms with van der Waals surface area (Å²) < 4.78 is 59.3. The van der Waals surface area contributed by atoms with Gasteiger partial charge in [-0.2, -0.15) is 0 Å². The van der Waals surface area contributed by atoms with Crippen molar-refractivity contribution in [3.05, 3.63) is 78.1 Å². The third-order valence-electron chi connectivity index (χ3n) is 7.31. The number of amides is 2. The second-order valence-electron chi connectivity index (χ2n) is 10.3. The summed E-state index contributed by atoms with van der Waals surface area (Å²) in [6.45, 7) is 7.15. The third kappa shape index (κ3) is 8.87. The van der Waals surface area contributed by atoms with Crippen LogP contribution in [0.1, 0.15) is 46.1 Å². The van der Waals surface area contributed by atoms with Crippen molar-refractivity contribution >= 4 is 27.5 Å². The molecular formula is C33H42FN3O7S. The monoisotopic (exact) mass is 643 g/mol. The van der Waals surface area contributed by atoms with Gasteiger partial charge in [-0.1, -0.05) is 26.0 Å². The number of nitrogens with zero attached hydrogens (tertiary/aromatic N) is 2. The molecule has 2 atom stereocenters. The van der Waals surface area contributed by atoms with Crippen molar-refractivity contribution in [2.24, 2.45) is 0 Å². The van der Waals surface area contributed by atoms with Crippen molar-refractivity contribution in [3.8, 4) is 17.2 Å². The van der Waals surface area contributed by atoms with Gasteiger partial charge in [-0.15, -0.1) is 0 Å². The van der Waals surface area contributed by atoms with E-state index in [-0.39, 0.29) is 41.2 Å². The Bertz CT molecular complexity index is 1530. The lowest BCUT2D eigenvalue weighted by Gasteiger charge is -2.33. The van der Waals surface area contributed by atoms with Crippen LogP contribution >= 0.6 is 0 Å². The number of hydrogen-bond acceptors (Lipinski definition) is 7. The minimum absolute atomic E-state index is 0.0426. The fourth-order valence-corrected chi connectivity index (χ4v) is 6.09. The average molecular weight is 644 g/mol. The fourth-order valence-electron chi connectivity index (χ4n) is 4.66. The fraction of sp³-hybridized carbons (Fsp3) is 0.394. The van der Waals surface area contributed by atoms with Crippen molar-refractivity contribution in [1.82, 2.24) is 10.2 Å². The van der Waals surface area contributed by atoms with Crippen molar-refractivity contribution in [1.29, 1.82) is 0 Å². The van der Waals surface area contributed by atoms with E-state index in [0.717, 1.165) is 4.31 Å². The van der Waals surface area contributed by atoms with Crippen LogP contribution in [0.25, 0.3) is 0 Å². The molecule has 2 amide bonds. The lowest BCUT2D eigenvalue weighted by atomic mass is 10.1. The van der Waals surface area contributed by atoms with Gasteiger partial charge < -0.3 is 24.4 Å². The number of sulfonamides is 1. The Labute approximate surface area is 265 Å². The predicted molar refractivity (Wildman–Crippen MR) is 171 cm³/mol. The number of carbonyl (C=O) groups excluding carboxylic acids is 2. The first-order valence-electron chi connectivity index (χ1n) is 14.8. The van der Waals surface area contributed by atoms with Crippen LogP contribution < -0.4 is 23.8 Å². The standard InChI is InChI=1S/C33H42FN3O7S/c1-7-23(4)35-33(39)29(8-2)36(21-24-10-12-25(34)13-11-24)32(38)22-37(26-14-16-27(17-15-26)44-9-3)45(40,41)28-18-19-30(42-5)31(20-28)43-6/h10-20,23,29H,7-9,21-22H2,1-6H3,(H,35,39)/t23-,29+/m1/s1. The molecule has 10 nitrogen and oxygen atoms in total. The van der Waals surface area contributed by atoms with Crippen LogP contribution in [0.3, 0.4) is 0 Å². The molecular weight excluding hydrogens is 601 g/mol. The molecule has 0 aliphatic heterocycles. The van der Waals surface area contributed by atoms with Crippen molar-refractivity contribution in [3.63, 3.8) is 0 Å². The molecule has 0 aliphatic rings. The first-order chi connectivity index (χ1) is 21.5. The summed E-state index contributed by atoms with van der Waals surface area (Å²) in [5, 5.41) is 2.93. The highest BCUT2D eigenvalue weighted by molar-refractivity contribution is 7.92.